The van der Waals surface area contributed by atoms with E-state index in [1.807, 2.05) is 37.2 Å². The number of thioether (sulfide) groups is 1. The van der Waals surface area contributed by atoms with Gasteiger partial charge in [0.15, 0.2) is 17.3 Å². The van der Waals surface area contributed by atoms with Crippen LogP contribution in [0.4, 0.5) is 0 Å². The van der Waals surface area contributed by atoms with Crippen LogP contribution >= 0.6 is 23.4 Å². The molecular weight excluding hydrogens is 504 g/mol. The van der Waals surface area contributed by atoms with E-state index in [1.54, 1.807) is 11.8 Å². The lowest BCUT2D eigenvalue weighted by Crippen LogP contribution is -2.01. The molecule has 1 aromatic carbocycles. The predicted octanol–water partition coefficient (Wildman–Crippen LogP) is 6.99. The van der Waals surface area contributed by atoms with Crippen molar-refractivity contribution in [2.45, 2.75) is 70.4 Å². The zero-order valence-corrected chi connectivity index (χ0v) is 23.7. The zero-order chi connectivity index (χ0) is 25.9. The quantitative estimate of drug-likeness (QED) is 0.130. The fourth-order valence-corrected chi connectivity index (χ4v) is 6.56. The maximum atomic E-state index is 6.55. The second kappa shape index (κ2) is 11.4. The Labute approximate surface area is 228 Å². The molecule has 9 heteroatoms. The highest BCUT2D eigenvalue weighted by molar-refractivity contribution is 7.99. The lowest BCUT2D eigenvalue weighted by molar-refractivity contribution is 0.412. The molecule has 0 fully saturated rings. The molecule has 0 saturated carbocycles. The smallest absolute Gasteiger partial charge is 0.202 e. The number of fused-ring (bicyclic) bond motifs is 1. The molecule has 0 amide bonds. The molecule has 196 valence electrons. The third-order valence-electron chi connectivity index (χ3n) is 7.54. The Bertz CT molecular complexity index is 1370. The van der Waals surface area contributed by atoms with Crippen LogP contribution in [0.2, 0.25) is 5.02 Å². The van der Waals surface area contributed by atoms with E-state index in [2.05, 4.69) is 38.5 Å². The van der Waals surface area contributed by atoms with Gasteiger partial charge in [0, 0.05) is 25.4 Å². The Hall–Kier alpha value is -2.58. The van der Waals surface area contributed by atoms with Crippen LogP contribution in [0.25, 0.3) is 22.8 Å². The van der Waals surface area contributed by atoms with Gasteiger partial charge in [-0.05, 0) is 69.1 Å². The Balaban J connectivity index is 1.07. The third kappa shape index (κ3) is 5.65. The van der Waals surface area contributed by atoms with Crippen LogP contribution in [-0.4, -0.2) is 35.3 Å². The average Bonchev–Trinajstić information content (AvgIpc) is 3.48. The Kier molecular flexibility index (Phi) is 8.05. The largest absolute Gasteiger partial charge is 0.440 e. The number of halogens is 1. The summed E-state index contributed by atoms with van der Waals surface area (Å²) >= 11 is 8.32. The van der Waals surface area contributed by atoms with Crippen molar-refractivity contribution in [3.05, 3.63) is 52.1 Å². The summed E-state index contributed by atoms with van der Waals surface area (Å²) in [6, 6.07) is 6.87. The topological polar surface area (TPSA) is 74.6 Å². The molecule has 0 saturated heterocycles. The molecule has 0 spiro atoms. The highest BCUT2D eigenvalue weighted by Crippen LogP contribution is 2.34. The molecule has 0 radical (unpaired) electrons. The van der Waals surface area contributed by atoms with Gasteiger partial charge < -0.3 is 8.98 Å². The molecular formula is C28H35ClN6OS. The number of aromatic nitrogens is 6. The van der Waals surface area contributed by atoms with Gasteiger partial charge in [-0.25, -0.2) is 4.98 Å². The average molecular weight is 539 g/mol. The van der Waals surface area contributed by atoms with E-state index in [9.17, 15) is 0 Å². The second-order valence-corrected chi connectivity index (χ2v) is 11.6. The lowest BCUT2D eigenvalue weighted by atomic mass is 9.93. The number of oxazole rings is 1. The Morgan fingerprint density at radius 3 is 2.57 bits per heavy atom. The summed E-state index contributed by atoms with van der Waals surface area (Å²) in [5.74, 6) is 3.28. The normalized spacial score (nSPS) is 15.6. The first-order valence-corrected chi connectivity index (χ1v) is 14.5. The number of nitrogens with zero attached hydrogens (tertiary/aromatic N) is 6. The highest BCUT2D eigenvalue weighted by atomic mass is 35.5. The molecule has 7 nitrogen and oxygen atoms in total. The molecule has 5 rings (SSSR count). The molecule has 1 atom stereocenters. The summed E-state index contributed by atoms with van der Waals surface area (Å²) in [7, 11) is 3.96. The lowest BCUT2D eigenvalue weighted by Gasteiger charge is -2.13. The number of hydrogen-bond acceptors (Lipinski definition) is 6. The maximum absolute atomic E-state index is 6.55. The Morgan fingerprint density at radius 2 is 1.84 bits per heavy atom. The molecule has 3 aromatic heterocycles. The monoisotopic (exact) mass is 538 g/mol. The fraction of sp³-hybridized carbons (Fsp3) is 0.500. The van der Waals surface area contributed by atoms with Crippen molar-refractivity contribution < 1.29 is 4.42 Å². The van der Waals surface area contributed by atoms with Gasteiger partial charge in [-0.1, -0.05) is 54.8 Å². The van der Waals surface area contributed by atoms with Gasteiger partial charge in [-0.15, -0.1) is 10.2 Å². The first kappa shape index (κ1) is 26.0. The number of rotatable bonds is 9. The van der Waals surface area contributed by atoms with Gasteiger partial charge in [0.25, 0.3) is 0 Å². The van der Waals surface area contributed by atoms with Gasteiger partial charge in [0.1, 0.15) is 0 Å². The summed E-state index contributed by atoms with van der Waals surface area (Å²) in [6.07, 6.45) is 11.4. The van der Waals surface area contributed by atoms with Crippen LogP contribution in [0, 0.1) is 19.8 Å². The van der Waals surface area contributed by atoms with E-state index in [4.69, 9.17) is 16.0 Å². The number of benzene rings is 1. The Morgan fingerprint density at radius 1 is 1.03 bits per heavy atom. The predicted molar refractivity (Wildman–Crippen MR) is 149 cm³/mol. The van der Waals surface area contributed by atoms with E-state index in [0.29, 0.717) is 5.76 Å². The number of hydrogen-bond donors (Lipinski definition) is 0. The molecule has 3 heterocycles. The number of aryl methyl sites for hydroxylation is 5. The van der Waals surface area contributed by atoms with Crippen molar-refractivity contribution in [2.24, 2.45) is 20.0 Å². The van der Waals surface area contributed by atoms with Crippen LogP contribution in [0.1, 0.15) is 61.0 Å². The van der Waals surface area contributed by atoms with Gasteiger partial charge >= 0.3 is 0 Å². The maximum Gasteiger partial charge on any atom is 0.202 e. The SMILES string of the molecule is Cc1ncoc1-c1nnc(SCCCCCC2CCc3ccc(-c4c(Cl)c(C)nn4C)cc3CC2)n1C. The standard InChI is InChI=1S/C28H35ClN6OS/c1-18-24(29)25(35(4)33-18)23-14-13-21-11-9-20(10-12-22(21)16-23)8-6-5-7-15-37-28-32-31-27(34(28)3)26-19(2)30-17-36-26/h13-14,16-17,20H,5-12,15H2,1-4H3. The van der Waals surface area contributed by atoms with Gasteiger partial charge in [-0.2, -0.15) is 5.10 Å². The zero-order valence-electron chi connectivity index (χ0n) is 22.1. The molecule has 0 bridgehead atoms. The van der Waals surface area contributed by atoms with Crippen LogP contribution in [0.3, 0.4) is 0 Å². The summed E-state index contributed by atoms with van der Waals surface area (Å²) in [5.41, 5.74) is 6.90. The minimum atomic E-state index is 0.694. The van der Waals surface area contributed by atoms with Crippen LogP contribution in [0.5, 0.6) is 0 Å². The van der Waals surface area contributed by atoms with Crippen molar-refractivity contribution in [2.75, 3.05) is 5.75 Å². The van der Waals surface area contributed by atoms with Gasteiger partial charge in [-0.3, -0.25) is 4.68 Å². The van der Waals surface area contributed by atoms with Crippen LogP contribution in [0.15, 0.2) is 34.2 Å². The van der Waals surface area contributed by atoms with E-state index in [1.165, 1.54) is 68.0 Å². The minimum Gasteiger partial charge on any atom is -0.440 e. The first-order chi connectivity index (χ1) is 17.9. The van der Waals surface area contributed by atoms with E-state index >= 15 is 0 Å². The summed E-state index contributed by atoms with van der Waals surface area (Å²) in [6.45, 7) is 3.88. The molecule has 0 aliphatic heterocycles. The molecule has 1 aliphatic rings. The molecule has 4 aromatic rings. The first-order valence-electron chi connectivity index (χ1n) is 13.2. The van der Waals surface area contributed by atoms with E-state index < -0.39 is 0 Å². The van der Waals surface area contributed by atoms with Gasteiger partial charge in [0.2, 0.25) is 5.82 Å². The van der Waals surface area contributed by atoms with Crippen molar-refractivity contribution in [3.8, 4) is 22.8 Å². The number of unbranched alkanes of at least 4 members (excludes halogenated alkanes) is 2. The second-order valence-electron chi connectivity index (χ2n) is 10.1. The van der Waals surface area contributed by atoms with Crippen LogP contribution in [-0.2, 0) is 26.9 Å². The van der Waals surface area contributed by atoms with E-state index in [-0.39, 0.29) is 0 Å². The molecule has 1 aliphatic carbocycles. The van der Waals surface area contributed by atoms with Gasteiger partial charge in [0.05, 0.1) is 22.1 Å². The minimum absolute atomic E-state index is 0.694. The fourth-order valence-electron chi connectivity index (χ4n) is 5.38. The van der Waals surface area contributed by atoms with E-state index in [0.717, 1.165) is 51.2 Å². The summed E-state index contributed by atoms with van der Waals surface area (Å²) in [4.78, 5) is 4.16. The molecule has 37 heavy (non-hydrogen) atoms. The molecule has 0 N–H and O–H groups in total. The summed E-state index contributed by atoms with van der Waals surface area (Å²) < 4.78 is 9.37. The van der Waals surface area contributed by atoms with Crippen molar-refractivity contribution in [3.63, 3.8) is 0 Å². The van der Waals surface area contributed by atoms with Crippen molar-refractivity contribution >= 4 is 23.4 Å². The summed E-state index contributed by atoms with van der Waals surface area (Å²) in [5, 5.41) is 14.8. The van der Waals surface area contributed by atoms with Crippen LogP contribution < -0.4 is 0 Å². The highest BCUT2D eigenvalue weighted by Gasteiger charge is 2.20. The molecule has 1 unspecified atom stereocenters. The van der Waals surface area contributed by atoms with Crippen molar-refractivity contribution in [1.29, 1.82) is 0 Å². The van der Waals surface area contributed by atoms with Crippen molar-refractivity contribution in [1.82, 2.24) is 29.5 Å². The third-order valence-corrected chi connectivity index (χ3v) is 9.10.